The van der Waals surface area contributed by atoms with E-state index in [0.717, 1.165) is 0 Å². The maximum atomic E-state index is 11.8. The highest BCUT2D eigenvalue weighted by molar-refractivity contribution is 5.79. The van der Waals surface area contributed by atoms with E-state index in [4.69, 9.17) is 14.2 Å². The maximum absolute atomic E-state index is 11.8. The van der Waals surface area contributed by atoms with Crippen LogP contribution < -0.4 is 14.8 Å². The quantitative estimate of drug-likeness (QED) is 0.533. The number of esters is 1. The summed E-state index contributed by atoms with van der Waals surface area (Å²) in [5.74, 6) is 0.151. The molecule has 7 nitrogen and oxygen atoms in total. The van der Waals surface area contributed by atoms with Gasteiger partial charge in [-0.05, 0) is 19.1 Å². The van der Waals surface area contributed by atoms with Crippen LogP contribution in [0.25, 0.3) is 0 Å². The molecule has 0 radical (unpaired) electrons. The zero-order chi connectivity index (χ0) is 15.8. The van der Waals surface area contributed by atoms with Gasteiger partial charge in [-0.1, -0.05) is 0 Å². The van der Waals surface area contributed by atoms with Gasteiger partial charge in [-0.2, -0.15) is 0 Å². The lowest BCUT2D eigenvalue weighted by Gasteiger charge is -2.22. The van der Waals surface area contributed by atoms with Gasteiger partial charge in [0.05, 0.1) is 20.8 Å². The third kappa shape index (κ3) is 4.09. The van der Waals surface area contributed by atoms with Gasteiger partial charge in [-0.25, -0.2) is 4.79 Å². The fourth-order valence-corrected chi connectivity index (χ4v) is 1.84. The predicted molar refractivity (Wildman–Crippen MR) is 74.1 cm³/mol. The zero-order valence-electron chi connectivity index (χ0n) is 12.2. The first-order valence-electron chi connectivity index (χ1n) is 6.35. The lowest BCUT2D eigenvalue weighted by Crippen LogP contribution is -2.42. The highest BCUT2D eigenvalue weighted by Crippen LogP contribution is 2.31. The normalized spacial score (nSPS) is 13.0. The van der Waals surface area contributed by atoms with Gasteiger partial charge in [-0.15, -0.1) is 0 Å². The topological polar surface area (TPSA) is 94.1 Å². The number of hydrogen-bond donors (Lipinski definition) is 2. The van der Waals surface area contributed by atoms with Crippen LogP contribution in [0.15, 0.2) is 18.2 Å². The molecular weight excluding hydrogens is 278 g/mol. The summed E-state index contributed by atoms with van der Waals surface area (Å²) in [5.41, 5.74) is 0.339. The summed E-state index contributed by atoms with van der Waals surface area (Å²) in [4.78, 5) is 22.4. The van der Waals surface area contributed by atoms with Crippen LogP contribution in [0.2, 0.25) is 0 Å². The molecule has 0 spiro atoms. The predicted octanol–water partition coefficient (Wildman–Crippen LogP) is 0.415. The van der Waals surface area contributed by atoms with Gasteiger partial charge in [0.1, 0.15) is 17.6 Å². The van der Waals surface area contributed by atoms with Crippen molar-refractivity contribution in [1.82, 2.24) is 5.32 Å². The molecular formula is C14H19NO6. The van der Waals surface area contributed by atoms with Gasteiger partial charge >= 0.3 is 5.97 Å². The van der Waals surface area contributed by atoms with Crippen molar-refractivity contribution in [2.24, 2.45) is 0 Å². The van der Waals surface area contributed by atoms with E-state index in [2.05, 4.69) is 5.32 Å². The molecule has 0 aliphatic carbocycles. The van der Waals surface area contributed by atoms with E-state index in [1.165, 1.54) is 14.2 Å². The molecule has 2 unspecified atom stereocenters. The van der Waals surface area contributed by atoms with Crippen LogP contribution in [0.4, 0.5) is 0 Å². The number of amides is 1. The molecule has 0 aromatic heterocycles. The van der Waals surface area contributed by atoms with E-state index in [1.807, 2.05) is 0 Å². The van der Waals surface area contributed by atoms with Crippen molar-refractivity contribution in [2.45, 2.75) is 19.1 Å². The average Bonchev–Trinajstić information content (AvgIpc) is 2.51. The highest BCUT2D eigenvalue weighted by Gasteiger charge is 2.31. The van der Waals surface area contributed by atoms with Gasteiger partial charge in [0.25, 0.3) is 0 Å². The van der Waals surface area contributed by atoms with Gasteiger partial charge < -0.3 is 24.6 Å². The molecule has 1 rings (SSSR count). The third-order valence-electron chi connectivity index (χ3n) is 2.86. The minimum atomic E-state index is -1.31. The Morgan fingerprint density at radius 3 is 2.62 bits per heavy atom. The van der Waals surface area contributed by atoms with Crippen molar-refractivity contribution < 1.29 is 28.9 Å². The van der Waals surface area contributed by atoms with E-state index in [1.54, 1.807) is 25.1 Å². The number of aliphatic hydroxyl groups is 1. The number of benzene rings is 1. The molecule has 0 fully saturated rings. The fourth-order valence-electron chi connectivity index (χ4n) is 1.84. The summed E-state index contributed by atoms with van der Waals surface area (Å²) < 4.78 is 15.1. The Morgan fingerprint density at radius 2 is 2.10 bits per heavy atom. The first-order chi connectivity index (χ1) is 10.1. The second-order valence-corrected chi connectivity index (χ2v) is 4.07. The molecule has 0 saturated heterocycles. The van der Waals surface area contributed by atoms with E-state index in [9.17, 15) is 14.7 Å². The van der Waals surface area contributed by atoms with Crippen molar-refractivity contribution in [3.63, 3.8) is 0 Å². The minimum Gasteiger partial charge on any atom is -0.497 e. The second kappa shape index (κ2) is 8.11. The Hall–Kier alpha value is -2.28. The van der Waals surface area contributed by atoms with Gasteiger partial charge in [-0.3, -0.25) is 4.79 Å². The van der Waals surface area contributed by atoms with Gasteiger partial charge in [0.15, 0.2) is 6.04 Å². The smallest absolute Gasteiger partial charge is 0.331 e. The molecule has 1 amide bonds. The number of aliphatic hydroxyl groups excluding tert-OH is 1. The van der Waals surface area contributed by atoms with Crippen LogP contribution in [0, 0.1) is 0 Å². The molecule has 21 heavy (non-hydrogen) atoms. The highest BCUT2D eigenvalue weighted by atomic mass is 16.5. The van der Waals surface area contributed by atoms with E-state index in [0.29, 0.717) is 23.5 Å². The Bertz CT molecular complexity index is 490. The minimum absolute atomic E-state index is 0.141. The fraction of sp³-hybridized carbons (Fsp3) is 0.429. The van der Waals surface area contributed by atoms with Crippen LogP contribution in [0.5, 0.6) is 11.5 Å². The number of carbonyl (C=O) groups is 2. The molecule has 1 aromatic rings. The first kappa shape index (κ1) is 16.8. The van der Waals surface area contributed by atoms with Crippen molar-refractivity contribution >= 4 is 12.4 Å². The molecule has 2 N–H and O–H groups in total. The SMILES string of the molecule is CCOC(=O)C(NC=O)C(O)c1ccc(OC)cc1OC. The van der Waals surface area contributed by atoms with Crippen LogP contribution in [-0.4, -0.2) is 44.4 Å². The monoisotopic (exact) mass is 297 g/mol. The summed E-state index contributed by atoms with van der Waals surface area (Å²) in [6.45, 7) is 1.78. The molecule has 116 valence electrons. The van der Waals surface area contributed by atoms with E-state index in [-0.39, 0.29) is 6.61 Å². The van der Waals surface area contributed by atoms with Gasteiger partial charge in [0, 0.05) is 11.6 Å². The van der Waals surface area contributed by atoms with E-state index < -0.39 is 18.1 Å². The maximum Gasteiger partial charge on any atom is 0.331 e. The third-order valence-corrected chi connectivity index (χ3v) is 2.86. The van der Waals surface area contributed by atoms with Crippen molar-refractivity contribution in [3.05, 3.63) is 23.8 Å². The summed E-state index contributed by atoms with van der Waals surface area (Å²) in [6, 6.07) is 3.53. The molecule has 0 saturated carbocycles. The van der Waals surface area contributed by atoms with Crippen LogP contribution >= 0.6 is 0 Å². The van der Waals surface area contributed by atoms with Crippen LogP contribution in [-0.2, 0) is 14.3 Å². The molecule has 0 aliphatic heterocycles. The van der Waals surface area contributed by atoms with Crippen molar-refractivity contribution in [1.29, 1.82) is 0 Å². The van der Waals surface area contributed by atoms with Crippen molar-refractivity contribution in [3.8, 4) is 11.5 Å². The molecule has 0 heterocycles. The second-order valence-electron chi connectivity index (χ2n) is 4.07. The van der Waals surface area contributed by atoms with Gasteiger partial charge in [0.2, 0.25) is 6.41 Å². The van der Waals surface area contributed by atoms with Crippen LogP contribution in [0.1, 0.15) is 18.6 Å². The Balaban J connectivity index is 3.10. The first-order valence-corrected chi connectivity index (χ1v) is 6.35. The molecule has 0 aliphatic rings. The molecule has 1 aromatic carbocycles. The Morgan fingerprint density at radius 1 is 1.38 bits per heavy atom. The summed E-state index contributed by atoms with van der Waals surface area (Å²) in [5, 5.41) is 12.6. The number of rotatable bonds is 8. The summed E-state index contributed by atoms with van der Waals surface area (Å²) in [7, 11) is 2.93. The number of ether oxygens (including phenoxy) is 3. The number of carbonyl (C=O) groups excluding carboxylic acids is 2. The number of nitrogens with one attached hydrogen (secondary N) is 1. The molecule has 2 atom stereocenters. The summed E-state index contributed by atoms with van der Waals surface area (Å²) >= 11 is 0. The lowest BCUT2D eigenvalue weighted by atomic mass is 10.0. The summed E-state index contributed by atoms with van der Waals surface area (Å²) in [6.07, 6.45) is -0.976. The Labute approximate surface area is 122 Å². The average molecular weight is 297 g/mol. The zero-order valence-corrected chi connectivity index (χ0v) is 12.2. The molecule has 7 heteroatoms. The van der Waals surface area contributed by atoms with E-state index >= 15 is 0 Å². The van der Waals surface area contributed by atoms with Crippen molar-refractivity contribution in [2.75, 3.05) is 20.8 Å². The Kier molecular flexibility index (Phi) is 6.48. The lowest BCUT2D eigenvalue weighted by molar-refractivity contribution is -0.149. The number of hydrogen-bond acceptors (Lipinski definition) is 6. The molecule has 0 bridgehead atoms. The largest absolute Gasteiger partial charge is 0.497 e. The number of methoxy groups -OCH3 is 2. The van der Waals surface area contributed by atoms with Crippen LogP contribution in [0.3, 0.4) is 0 Å². The standard InChI is InChI=1S/C14H19NO6/c1-4-21-14(18)12(15-8-16)13(17)10-6-5-9(19-2)7-11(10)20-3/h5-8,12-13,17H,4H2,1-3H3,(H,15,16).